The molecule has 0 saturated carbocycles. The highest BCUT2D eigenvalue weighted by atomic mass is 15.1. The van der Waals surface area contributed by atoms with Gasteiger partial charge in [-0.15, -0.1) is 0 Å². The molecule has 2 heterocycles. The maximum absolute atomic E-state index is 4.21. The van der Waals surface area contributed by atoms with Crippen molar-refractivity contribution in [3.05, 3.63) is 48.7 Å². The van der Waals surface area contributed by atoms with Crippen molar-refractivity contribution in [1.29, 1.82) is 0 Å². The normalized spacial score (nSPS) is 10.8. The van der Waals surface area contributed by atoms with Crippen LogP contribution in [0.4, 0.5) is 0 Å². The number of fused-ring (bicyclic) bond motifs is 1. The van der Waals surface area contributed by atoms with E-state index in [1.165, 1.54) is 0 Å². The van der Waals surface area contributed by atoms with Crippen molar-refractivity contribution in [3.63, 3.8) is 0 Å². The maximum Gasteiger partial charge on any atom is 0.110 e. The van der Waals surface area contributed by atoms with Crippen molar-refractivity contribution in [2.24, 2.45) is 0 Å². The molecule has 0 unspecified atom stereocenters. The zero-order valence-electron chi connectivity index (χ0n) is 8.83. The van der Waals surface area contributed by atoms with E-state index in [0.29, 0.717) is 0 Å². The summed E-state index contributed by atoms with van der Waals surface area (Å²) >= 11 is 0. The highest BCUT2D eigenvalue weighted by molar-refractivity contribution is 5.86. The molecule has 2 aromatic heterocycles. The van der Waals surface area contributed by atoms with E-state index in [4.69, 9.17) is 0 Å². The van der Waals surface area contributed by atoms with Crippen LogP contribution in [0.1, 0.15) is 5.82 Å². The Morgan fingerprint density at radius 2 is 2.06 bits per heavy atom. The van der Waals surface area contributed by atoms with Gasteiger partial charge in [0.1, 0.15) is 5.82 Å². The van der Waals surface area contributed by atoms with Crippen LogP contribution in [0.3, 0.4) is 0 Å². The van der Waals surface area contributed by atoms with Gasteiger partial charge < -0.3 is 4.57 Å². The van der Waals surface area contributed by atoms with Gasteiger partial charge >= 0.3 is 0 Å². The van der Waals surface area contributed by atoms with Crippen LogP contribution in [-0.2, 0) is 0 Å². The molecule has 16 heavy (non-hydrogen) atoms. The Bertz CT molecular complexity index is 637. The Hall–Kier alpha value is -2.23. The van der Waals surface area contributed by atoms with E-state index in [1.807, 2.05) is 42.0 Å². The van der Waals surface area contributed by atoms with E-state index in [1.54, 1.807) is 12.4 Å². The number of rotatable bonds is 1. The van der Waals surface area contributed by atoms with E-state index < -0.39 is 0 Å². The molecule has 78 valence electrons. The van der Waals surface area contributed by atoms with Crippen molar-refractivity contribution in [1.82, 2.24) is 19.7 Å². The molecule has 0 saturated heterocycles. The summed E-state index contributed by atoms with van der Waals surface area (Å²) in [6.07, 6.45) is 5.47. The first kappa shape index (κ1) is 9.03. The van der Waals surface area contributed by atoms with Crippen molar-refractivity contribution >= 4 is 10.9 Å². The van der Waals surface area contributed by atoms with Crippen LogP contribution in [0.25, 0.3) is 16.6 Å². The van der Waals surface area contributed by atoms with Crippen molar-refractivity contribution in [2.45, 2.75) is 6.92 Å². The third kappa shape index (κ3) is 1.27. The van der Waals surface area contributed by atoms with Crippen LogP contribution in [0, 0.1) is 6.92 Å². The fraction of sp³-hybridized carbons (Fsp3) is 0.0833. The van der Waals surface area contributed by atoms with Gasteiger partial charge in [0.15, 0.2) is 0 Å². The molecular formula is C12H10N4. The van der Waals surface area contributed by atoms with Crippen molar-refractivity contribution < 1.29 is 0 Å². The average molecular weight is 210 g/mol. The van der Waals surface area contributed by atoms with Gasteiger partial charge in [-0.1, -0.05) is 18.2 Å². The summed E-state index contributed by atoms with van der Waals surface area (Å²) in [4.78, 5) is 4.21. The van der Waals surface area contributed by atoms with Crippen molar-refractivity contribution in [2.75, 3.05) is 0 Å². The molecule has 0 aliphatic heterocycles. The molecule has 0 bridgehead atoms. The Kier molecular flexibility index (Phi) is 1.93. The molecule has 4 heteroatoms. The van der Waals surface area contributed by atoms with Crippen LogP contribution in [0.15, 0.2) is 42.9 Å². The Morgan fingerprint density at radius 3 is 2.88 bits per heavy atom. The lowest BCUT2D eigenvalue weighted by Crippen LogP contribution is -1.98. The summed E-state index contributed by atoms with van der Waals surface area (Å²) in [6, 6.07) is 7.96. The van der Waals surface area contributed by atoms with Gasteiger partial charge in [0, 0.05) is 17.8 Å². The van der Waals surface area contributed by atoms with E-state index in [9.17, 15) is 0 Å². The molecule has 4 nitrogen and oxygen atoms in total. The number of hydrogen-bond donors (Lipinski definition) is 0. The smallest absolute Gasteiger partial charge is 0.110 e. The molecule has 0 aliphatic rings. The van der Waals surface area contributed by atoms with Gasteiger partial charge in [0.25, 0.3) is 0 Å². The average Bonchev–Trinajstić information content (AvgIpc) is 2.75. The largest absolute Gasteiger partial charge is 0.302 e. The van der Waals surface area contributed by atoms with Gasteiger partial charge in [0.2, 0.25) is 0 Å². The fourth-order valence-electron chi connectivity index (χ4n) is 1.82. The van der Waals surface area contributed by atoms with Crippen molar-refractivity contribution in [3.8, 4) is 5.69 Å². The molecule has 1 aromatic carbocycles. The number of aryl methyl sites for hydroxylation is 1. The summed E-state index contributed by atoms with van der Waals surface area (Å²) in [5, 5.41) is 9.19. The molecule has 3 aromatic rings. The summed E-state index contributed by atoms with van der Waals surface area (Å²) < 4.78 is 2.01. The number of imidazole rings is 1. The molecule has 0 radical (unpaired) electrons. The minimum atomic E-state index is 0.896. The van der Waals surface area contributed by atoms with Crippen LogP contribution in [0.2, 0.25) is 0 Å². The topological polar surface area (TPSA) is 43.6 Å². The lowest BCUT2D eigenvalue weighted by Gasteiger charge is -2.07. The first-order valence-electron chi connectivity index (χ1n) is 5.07. The molecule has 0 amide bonds. The molecule has 0 aliphatic carbocycles. The van der Waals surface area contributed by atoms with Gasteiger partial charge in [-0.2, -0.15) is 10.2 Å². The zero-order chi connectivity index (χ0) is 11.0. The molecule has 0 atom stereocenters. The quantitative estimate of drug-likeness (QED) is 0.618. The first-order chi connectivity index (χ1) is 7.86. The highest BCUT2D eigenvalue weighted by Gasteiger charge is 2.05. The Morgan fingerprint density at radius 1 is 1.19 bits per heavy atom. The first-order valence-corrected chi connectivity index (χ1v) is 5.07. The second-order valence-electron chi connectivity index (χ2n) is 3.59. The third-order valence-electron chi connectivity index (χ3n) is 2.61. The Balaban J connectivity index is 2.36. The fourth-order valence-corrected chi connectivity index (χ4v) is 1.82. The lowest BCUT2D eigenvalue weighted by molar-refractivity contribution is 0.955. The minimum Gasteiger partial charge on any atom is -0.302 e. The molecule has 0 N–H and O–H groups in total. The number of aromatic nitrogens is 4. The van der Waals surface area contributed by atoms with E-state index >= 15 is 0 Å². The second kappa shape index (κ2) is 3.41. The number of hydrogen-bond acceptors (Lipinski definition) is 3. The summed E-state index contributed by atoms with van der Waals surface area (Å²) in [5.41, 5.74) is 1.91. The third-order valence-corrected chi connectivity index (χ3v) is 2.61. The minimum absolute atomic E-state index is 0.896. The molecule has 0 fully saturated rings. The van der Waals surface area contributed by atoms with E-state index in [0.717, 1.165) is 22.4 Å². The maximum atomic E-state index is 4.21. The number of nitrogens with zero attached hydrogens (tertiary/aromatic N) is 4. The molecule has 3 rings (SSSR count). The van der Waals surface area contributed by atoms with Gasteiger partial charge in [0.05, 0.1) is 17.4 Å². The molecule has 0 spiro atoms. The number of benzene rings is 1. The monoisotopic (exact) mass is 210 g/mol. The zero-order valence-corrected chi connectivity index (χ0v) is 8.83. The van der Waals surface area contributed by atoms with Gasteiger partial charge in [-0.05, 0) is 13.0 Å². The van der Waals surface area contributed by atoms with Gasteiger partial charge in [-0.3, -0.25) is 0 Å². The van der Waals surface area contributed by atoms with E-state index in [-0.39, 0.29) is 0 Å². The Labute approximate surface area is 92.6 Å². The van der Waals surface area contributed by atoms with Gasteiger partial charge in [-0.25, -0.2) is 4.98 Å². The van der Waals surface area contributed by atoms with Crippen LogP contribution < -0.4 is 0 Å². The SMILES string of the molecule is Cc1nccn1-c1cnnc2ccccc12. The summed E-state index contributed by atoms with van der Waals surface area (Å²) in [5.74, 6) is 0.943. The van der Waals surface area contributed by atoms with Crippen LogP contribution in [-0.4, -0.2) is 19.7 Å². The van der Waals surface area contributed by atoms with Crippen LogP contribution in [0.5, 0.6) is 0 Å². The van der Waals surface area contributed by atoms with E-state index in [2.05, 4.69) is 15.2 Å². The highest BCUT2D eigenvalue weighted by Crippen LogP contribution is 2.19. The predicted octanol–water partition coefficient (Wildman–Crippen LogP) is 2.12. The van der Waals surface area contributed by atoms with Crippen LogP contribution >= 0.6 is 0 Å². The second-order valence-corrected chi connectivity index (χ2v) is 3.59. The molecular weight excluding hydrogens is 200 g/mol. The lowest BCUT2D eigenvalue weighted by atomic mass is 10.2. The standard InChI is InChI=1S/C12H10N4/c1-9-13-6-7-16(9)12-8-14-15-11-5-3-2-4-10(11)12/h2-8H,1H3. The predicted molar refractivity (Wildman–Crippen MR) is 61.4 cm³/mol. The summed E-state index contributed by atoms with van der Waals surface area (Å²) in [6.45, 7) is 1.97. The summed E-state index contributed by atoms with van der Waals surface area (Å²) in [7, 11) is 0.